The van der Waals surface area contributed by atoms with Crippen molar-refractivity contribution in [1.82, 2.24) is 9.21 Å². The molecule has 9 heteroatoms. The Morgan fingerprint density at radius 1 is 1.25 bits per heavy atom. The molecular weight excluding hydrogens is 400 g/mol. The molecule has 0 atom stereocenters. The lowest BCUT2D eigenvalue weighted by Gasteiger charge is -2.25. The van der Waals surface area contributed by atoms with Crippen molar-refractivity contribution in [2.75, 3.05) is 33.4 Å². The molecule has 2 aromatic heterocycles. The number of piperidine rings is 1. The summed E-state index contributed by atoms with van der Waals surface area (Å²) in [6, 6.07) is 6.96. The van der Waals surface area contributed by atoms with Crippen molar-refractivity contribution in [2.45, 2.75) is 36.4 Å². The molecule has 0 spiro atoms. The van der Waals surface area contributed by atoms with Gasteiger partial charge in [-0.25, -0.2) is 8.42 Å². The summed E-state index contributed by atoms with van der Waals surface area (Å²) < 4.78 is 37.9. The molecule has 0 radical (unpaired) electrons. The Balaban J connectivity index is 1.67. The van der Waals surface area contributed by atoms with Gasteiger partial charge in [-0.15, -0.1) is 11.3 Å². The Bertz CT molecular complexity index is 855. The van der Waals surface area contributed by atoms with Gasteiger partial charge in [-0.1, -0.05) is 6.42 Å². The van der Waals surface area contributed by atoms with Crippen LogP contribution >= 0.6 is 11.3 Å². The lowest BCUT2D eigenvalue weighted by molar-refractivity contribution is -0.131. The highest BCUT2D eigenvalue weighted by molar-refractivity contribution is 7.91. The van der Waals surface area contributed by atoms with E-state index in [0.717, 1.165) is 24.1 Å². The quantitative estimate of drug-likeness (QED) is 0.616. The fourth-order valence-electron chi connectivity index (χ4n) is 3.17. The molecule has 1 aliphatic rings. The smallest absolute Gasteiger partial charge is 0.252 e. The number of ether oxygens (including phenoxy) is 1. The first kappa shape index (κ1) is 21.0. The first-order chi connectivity index (χ1) is 13.5. The molecule has 3 rings (SSSR count). The Morgan fingerprint density at radius 3 is 2.71 bits per heavy atom. The summed E-state index contributed by atoms with van der Waals surface area (Å²) in [5, 5.41) is 0. The molecule has 1 saturated heterocycles. The van der Waals surface area contributed by atoms with Gasteiger partial charge >= 0.3 is 0 Å². The van der Waals surface area contributed by atoms with Gasteiger partial charge in [0.25, 0.3) is 10.0 Å². The van der Waals surface area contributed by atoms with Crippen LogP contribution in [0.1, 0.15) is 29.9 Å². The molecule has 1 amide bonds. The minimum Gasteiger partial charge on any atom is -0.467 e. The first-order valence-corrected chi connectivity index (χ1v) is 11.6. The monoisotopic (exact) mass is 426 g/mol. The number of furan rings is 1. The number of amides is 1. The van der Waals surface area contributed by atoms with Crippen molar-refractivity contribution in [3.8, 4) is 0 Å². The molecule has 2 aromatic rings. The number of methoxy groups -OCH3 is 1. The number of sulfonamides is 1. The fourth-order valence-corrected chi connectivity index (χ4v) is 6.19. The number of hydrogen-bond acceptors (Lipinski definition) is 6. The van der Waals surface area contributed by atoms with Gasteiger partial charge in [0.15, 0.2) is 0 Å². The zero-order valence-electron chi connectivity index (χ0n) is 16.0. The average molecular weight is 427 g/mol. The van der Waals surface area contributed by atoms with Crippen LogP contribution in [-0.2, 0) is 32.5 Å². The van der Waals surface area contributed by atoms with Crippen LogP contribution < -0.4 is 0 Å². The van der Waals surface area contributed by atoms with Crippen molar-refractivity contribution in [1.29, 1.82) is 0 Å². The van der Waals surface area contributed by atoms with Crippen LogP contribution in [0.2, 0.25) is 0 Å². The minimum absolute atomic E-state index is 0.0859. The predicted octanol–water partition coefficient (Wildman–Crippen LogP) is 2.73. The molecule has 0 unspecified atom stereocenters. The standard InChI is InChI=1S/C19H26N2O5S2/c1-25-13-11-20(15-16-6-5-12-26-16)18(22)14-17-7-8-19(27-17)28(23,24)21-9-3-2-4-10-21/h5-8,12H,2-4,9-11,13-15H2,1H3. The molecule has 0 saturated carbocycles. The van der Waals surface area contributed by atoms with E-state index in [9.17, 15) is 13.2 Å². The highest BCUT2D eigenvalue weighted by Crippen LogP contribution is 2.27. The summed E-state index contributed by atoms with van der Waals surface area (Å²) in [5.41, 5.74) is 0. The van der Waals surface area contributed by atoms with Crippen molar-refractivity contribution in [3.05, 3.63) is 41.2 Å². The number of carbonyl (C=O) groups is 1. The summed E-state index contributed by atoms with van der Waals surface area (Å²) in [4.78, 5) is 15.2. The predicted molar refractivity (Wildman–Crippen MR) is 107 cm³/mol. The summed E-state index contributed by atoms with van der Waals surface area (Å²) in [7, 11) is -1.87. The number of carbonyl (C=O) groups excluding carboxylic acids is 1. The van der Waals surface area contributed by atoms with Crippen LogP contribution in [0.25, 0.3) is 0 Å². The average Bonchev–Trinajstić information content (AvgIpc) is 3.38. The number of hydrogen-bond donors (Lipinski definition) is 0. The van der Waals surface area contributed by atoms with E-state index in [1.54, 1.807) is 40.8 Å². The van der Waals surface area contributed by atoms with E-state index in [2.05, 4.69) is 0 Å². The summed E-state index contributed by atoms with van der Waals surface area (Å²) in [6.07, 6.45) is 4.60. The topological polar surface area (TPSA) is 80.1 Å². The summed E-state index contributed by atoms with van der Waals surface area (Å²) in [6.45, 7) is 2.37. The van der Waals surface area contributed by atoms with Crippen LogP contribution in [0.15, 0.2) is 39.2 Å². The highest BCUT2D eigenvalue weighted by atomic mass is 32.2. The van der Waals surface area contributed by atoms with Gasteiger partial charge in [0.05, 0.1) is 25.8 Å². The van der Waals surface area contributed by atoms with Crippen LogP contribution in [0.3, 0.4) is 0 Å². The van der Waals surface area contributed by atoms with Gasteiger partial charge in [-0.05, 0) is 37.1 Å². The van der Waals surface area contributed by atoms with E-state index < -0.39 is 10.0 Å². The lowest BCUT2D eigenvalue weighted by Crippen LogP contribution is -2.35. The number of thiophene rings is 1. The van der Waals surface area contributed by atoms with Crippen molar-refractivity contribution in [3.63, 3.8) is 0 Å². The van der Waals surface area contributed by atoms with Crippen LogP contribution in [0, 0.1) is 0 Å². The molecule has 28 heavy (non-hydrogen) atoms. The first-order valence-electron chi connectivity index (χ1n) is 9.38. The normalized spacial score (nSPS) is 15.6. The van der Waals surface area contributed by atoms with Gasteiger partial charge < -0.3 is 14.1 Å². The van der Waals surface area contributed by atoms with Crippen molar-refractivity contribution < 1.29 is 22.4 Å². The maximum Gasteiger partial charge on any atom is 0.252 e. The van der Waals surface area contributed by atoms with E-state index in [4.69, 9.17) is 9.15 Å². The lowest BCUT2D eigenvalue weighted by atomic mass is 10.2. The Hall–Kier alpha value is -1.68. The molecule has 3 heterocycles. The second-order valence-corrected chi connectivity index (χ2v) is 10.1. The van der Waals surface area contributed by atoms with Crippen LogP contribution in [0.4, 0.5) is 0 Å². The largest absolute Gasteiger partial charge is 0.467 e. The number of nitrogens with zero attached hydrogens (tertiary/aromatic N) is 2. The molecule has 0 aliphatic carbocycles. The molecule has 0 N–H and O–H groups in total. The highest BCUT2D eigenvalue weighted by Gasteiger charge is 2.28. The maximum atomic E-state index is 12.8. The second-order valence-electron chi connectivity index (χ2n) is 6.75. The molecular formula is C19H26N2O5S2. The Kier molecular flexibility index (Phi) is 7.28. The van der Waals surface area contributed by atoms with Crippen LogP contribution in [-0.4, -0.2) is 56.9 Å². The molecule has 1 aliphatic heterocycles. The van der Waals surface area contributed by atoms with Gasteiger partial charge in [0.2, 0.25) is 5.91 Å². The van der Waals surface area contributed by atoms with Crippen molar-refractivity contribution >= 4 is 27.3 Å². The zero-order valence-corrected chi connectivity index (χ0v) is 17.6. The van der Waals surface area contributed by atoms with E-state index >= 15 is 0 Å². The third kappa shape index (κ3) is 5.22. The van der Waals surface area contributed by atoms with Crippen molar-refractivity contribution in [2.24, 2.45) is 0 Å². The van der Waals surface area contributed by atoms with E-state index in [1.165, 1.54) is 11.3 Å². The van der Waals surface area contributed by atoms with Gasteiger partial charge in [0, 0.05) is 31.6 Å². The van der Waals surface area contributed by atoms with E-state index in [1.807, 2.05) is 6.07 Å². The SMILES string of the molecule is COCCN(Cc1ccco1)C(=O)Cc1ccc(S(=O)(=O)N2CCCCC2)s1. The molecule has 0 bridgehead atoms. The minimum atomic E-state index is -3.46. The fraction of sp³-hybridized carbons (Fsp3) is 0.526. The van der Waals surface area contributed by atoms with Gasteiger partial charge in [-0.3, -0.25) is 4.79 Å². The van der Waals surface area contributed by atoms with E-state index in [0.29, 0.717) is 42.8 Å². The summed E-state index contributed by atoms with van der Waals surface area (Å²) >= 11 is 1.18. The van der Waals surface area contributed by atoms with Gasteiger partial charge in [-0.2, -0.15) is 4.31 Å². The maximum absolute atomic E-state index is 12.8. The second kappa shape index (κ2) is 9.69. The van der Waals surface area contributed by atoms with E-state index in [-0.39, 0.29) is 12.3 Å². The van der Waals surface area contributed by atoms with Gasteiger partial charge in [0.1, 0.15) is 9.97 Å². The third-order valence-corrected chi connectivity index (χ3v) is 8.17. The molecule has 0 aromatic carbocycles. The molecule has 7 nitrogen and oxygen atoms in total. The Morgan fingerprint density at radius 2 is 2.04 bits per heavy atom. The Labute approximate surface area is 169 Å². The summed E-state index contributed by atoms with van der Waals surface area (Å²) in [5.74, 6) is 0.612. The third-order valence-electron chi connectivity index (χ3n) is 4.72. The zero-order chi connectivity index (χ0) is 20.0. The number of rotatable bonds is 9. The van der Waals surface area contributed by atoms with Crippen LogP contribution in [0.5, 0.6) is 0 Å². The molecule has 154 valence electrons. The molecule has 1 fully saturated rings.